The summed E-state index contributed by atoms with van der Waals surface area (Å²) in [6.07, 6.45) is 0. The molecule has 1 aromatic carbocycles. The fourth-order valence-electron chi connectivity index (χ4n) is 1.16. The van der Waals surface area contributed by atoms with Crippen molar-refractivity contribution in [3.63, 3.8) is 0 Å². The SMILES string of the molecule is Cc1c(I)cc([B-](F)(F)F)cc1CN. The van der Waals surface area contributed by atoms with E-state index in [-0.39, 0.29) is 6.54 Å². The first-order chi connectivity index (χ1) is 6.36. The average Bonchev–Trinajstić information content (AvgIpc) is 2.07. The second-order valence-electron chi connectivity index (χ2n) is 3.07. The van der Waals surface area contributed by atoms with Crippen LogP contribution >= 0.6 is 22.6 Å². The Kier molecular flexibility index (Phi) is 3.46. The van der Waals surface area contributed by atoms with E-state index in [1.165, 1.54) is 0 Å². The molecule has 0 heterocycles. The van der Waals surface area contributed by atoms with Crippen molar-refractivity contribution < 1.29 is 12.9 Å². The standard InChI is InChI=1S/C8H9BF3IN/c1-5-6(4-14)2-7(3-8(5)13)9(10,11)12/h2-3H,4,14H2,1H3/q-1. The van der Waals surface area contributed by atoms with Gasteiger partial charge < -0.3 is 18.7 Å². The first-order valence-corrected chi connectivity index (χ1v) is 5.13. The van der Waals surface area contributed by atoms with E-state index in [1.807, 2.05) is 22.6 Å². The summed E-state index contributed by atoms with van der Waals surface area (Å²) in [5.41, 5.74) is 6.19. The van der Waals surface area contributed by atoms with Crippen LogP contribution in [0.3, 0.4) is 0 Å². The van der Waals surface area contributed by atoms with Crippen molar-refractivity contribution in [1.82, 2.24) is 0 Å². The highest BCUT2D eigenvalue weighted by molar-refractivity contribution is 14.1. The Hall–Kier alpha value is -0.235. The molecule has 0 atom stereocenters. The van der Waals surface area contributed by atoms with Gasteiger partial charge in [0.25, 0.3) is 0 Å². The van der Waals surface area contributed by atoms with Crippen molar-refractivity contribution in [1.29, 1.82) is 0 Å². The predicted molar refractivity (Wildman–Crippen MR) is 60.5 cm³/mol. The maximum absolute atomic E-state index is 12.4. The zero-order chi connectivity index (χ0) is 10.9. The minimum Gasteiger partial charge on any atom is -0.445 e. The zero-order valence-corrected chi connectivity index (χ0v) is 9.69. The maximum Gasteiger partial charge on any atom is 0.509 e. The number of benzene rings is 1. The summed E-state index contributed by atoms with van der Waals surface area (Å²) in [7, 11) is 0. The smallest absolute Gasteiger partial charge is 0.445 e. The highest BCUT2D eigenvalue weighted by Gasteiger charge is 2.26. The summed E-state index contributed by atoms with van der Waals surface area (Å²) in [5.74, 6) is 0. The van der Waals surface area contributed by atoms with Gasteiger partial charge in [-0.3, -0.25) is 0 Å². The number of nitrogens with two attached hydrogens (primary N) is 1. The lowest BCUT2D eigenvalue weighted by Gasteiger charge is -2.18. The van der Waals surface area contributed by atoms with E-state index in [0.717, 1.165) is 17.7 Å². The van der Waals surface area contributed by atoms with Crippen molar-refractivity contribution >= 4 is 35.0 Å². The minimum absolute atomic E-state index is 0.141. The topological polar surface area (TPSA) is 26.0 Å². The zero-order valence-electron chi connectivity index (χ0n) is 7.53. The van der Waals surface area contributed by atoms with Crippen molar-refractivity contribution in [3.8, 4) is 0 Å². The summed E-state index contributed by atoms with van der Waals surface area (Å²) < 4.78 is 37.9. The van der Waals surface area contributed by atoms with Crippen LogP contribution in [0.5, 0.6) is 0 Å². The monoisotopic (exact) mass is 314 g/mol. The summed E-state index contributed by atoms with van der Waals surface area (Å²) in [4.78, 5) is 0. The van der Waals surface area contributed by atoms with E-state index in [1.54, 1.807) is 6.92 Å². The molecule has 14 heavy (non-hydrogen) atoms. The fraction of sp³-hybridized carbons (Fsp3) is 0.250. The van der Waals surface area contributed by atoms with Crippen molar-refractivity contribution in [3.05, 3.63) is 26.8 Å². The van der Waals surface area contributed by atoms with E-state index in [2.05, 4.69) is 0 Å². The lowest BCUT2D eigenvalue weighted by molar-refractivity contribution is 0.501. The third kappa shape index (κ3) is 2.41. The first-order valence-electron chi connectivity index (χ1n) is 4.05. The molecule has 1 rings (SSSR count). The Balaban J connectivity index is 3.30. The van der Waals surface area contributed by atoms with Gasteiger partial charge in [0.15, 0.2) is 0 Å². The van der Waals surface area contributed by atoms with Crippen molar-refractivity contribution in [2.75, 3.05) is 0 Å². The van der Waals surface area contributed by atoms with Crippen LogP contribution in [0.25, 0.3) is 0 Å². The van der Waals surface area contributed by atoms with Gasteiger partial charge in [0.05, 0.1) is 0 Å². The largest absolute Gasteiger partial charge is 0.509 e. The van der Waals surface area contributed by atoms with Crippen molar-refractivity contribution in [2.45, 2.75) is 13.5 Å². The molecule has 78 valence electrons. The third-order valence-corrected chi connectivity index (χ3v) is 3.19. The van der Waals surface area contributed by atoms with Crippen LogP contribution in [0, 0.1) is 10.5 Å². The predicted octanol–water partition coefficient (Wildman–Crippen LogP) is 2.11. The van der Waals surface area contributed by atoms with Crippen LogP contribution in [-0.4, -0.2) is 6.98 Å². The molecule has 0 aromatic heterocycles. The van der Waals surface area contributed by atoms with Crippen LogP contribution in [-0.2, 0) is 6.54 Å². The van der Waals surface area contributed by atoms with Gasteiger partial charge in [-0.15, -0.1) is 5.46 Å². The van der Waals surface area contributed by atoms with Gasteiger partial charge in [0.2, 0.25) is 0 Å². The van der Waals surface area contributed by atoms with E-state index < -0.39 is 12.4 Å². The molecule has 2 N–H and O–H groups in total. The maximum atomic E-state index is 12.4. The van der Waals surface area contributed by atoms with Gasteiger partial charge in [-0.1, -0.05) is 12.1 Å². The van der Waals surface area contributed by atoms with Gasteiger partial charge in [-0.2, -0.15) is 0 Å². The van der Waals surface area contributed by atoms with Gasteiger partial charge in [-0.25, -0.2) is 0 Å². The third-order valence-electron chi connectivity index (χ3n) is 2.07. The molecule has 0 unspecified atom stereocenters. The lowest BCUT2D eigenvalue weighted by atomic mass is 9.79. The van der Waals surface area contributed by atoms with Crippen LogP contribution < -0.4 is 11.2 Å². The minimum atomic E-state index is -4.92. The van der Waals surface area contributed by atoms with Gasteiger partial charge >= 0.3 is 6.98 Å². The number of hydrogen-bond acceptors (Lipinski definition) is 1. The van der Waals surface area contributed by atoms with Crippen LogP contribution in [0.15, 0.2) is 12.1 Å². The van der Waals surface area contributed by atoms with E-state index in [9.17, 15) is 12.9 Å². The highest BCUT2D eigenvalue weighted by atomic mass is 127. The molecule has 0 saturated carbocycles. The molecule has 1 nitrogen and oxygen atoms in total. The molecular formula is C8H9BF3IN-. The van der Waals surface area contributed by atoms with Gasteiger partial charge in [-0.05, 0) is 40.6 Å². The number of halogens is 4. The molecule has 0 saturated heterocycles. The summed E-state index contributed by atoms with van der Waals surface area (Å²) in [6.45, 7) is -3.01. The molecule has 0 radical (unpaired) electrons. The first kappa shape index (κ1) is 11.8. The van der Waals surface area contributed by atoms with Crippen LogP contribution in [0.4, 0.5) is 12.9 Å². The highest BCUT2D eigenvalue weighted by Crippen LogP contribution is 2.18. The Bertz CT molecular complexity index is 351. The van der Waals surface area contributed by atoms with E-state index >= 15 is 0 Å². The van der Waals surface area contributed by atoms with Gasteiger partial charge in [0.1, 0.15) is 0 Å². The quantitative estimate of drug-likeness (QED) is 0.657. The molecule has 6 heteroatoms. The Morgan fingerprint density at radius 3 is 2.36 bits per heavy atom. The Morgan fingerprint density at radius 1 is 1.36 bits per heavy atom. The van der Waals surface area contributed by atoms with E-state index in [0.29, 0.717) is 9.13 Å². The van der Waals surface area contributed by atoms with Gasteiger partial charge in [0, 0.05) is 10.1 Å². The summed E-state index contributed by atoms with van der Waals surface area (Å²) in [6, 6.07) is 2.30. The molecule has 1 aromatic rings. The molecule has 0 aliphatic heterocycles. The average molecular weight is 314 g/mol. The normalized spacial score (nSPS) is 11.9. The molecule has 0 aliphatic rings. The summed E-state index contributed by atoms with van der Waals surface area (Å²) in [5, 5.41) is 0. The van der Waals surface area contributed by atoms with Crippen LogP contribution in [0.2, 0.25) is 0 Å². The van der Waals surface area contributed by atoms with Crippen molar-refractivity contribution in [2.24, 2.45) is 5.73 Å². The van der Waals surface area contributed by atoms with E-state index in [4.69, 9.17) is 5.73 Å². The molecule has 0 aliphatic carbocycles. The number of hydrogen-bond donors (Lipinski definition) is 1. The fourth-order valence-corrected chi connectivity index (χ4v) is 1.87. The van der Waals surface area contributed by atoms with Crippen LogP contribution in [0.1, 0.15) is 11.1 Å². The Morgan fingerprint density at radius 2 is 1.93 bits per heavy atom. The second-order valence-corrected chi connectivity index (χ2v) is 4.23. The summed E-state index contributed by atoms with van der Waals surface area (Å²) >= 11 is 1.89. The Labute approximate surface area is 94.1 Å². The molecule has 0 spiro atoms. The lowest BCUT2D eigenvalue weighted by Crippen LogP contribution is -2.35. The molecular weight excluding hydrogens is 305 g/mol. The second kappa shape index (κ2) is 4.10. The number of rotatable bonds is 2. The molecule has 0 fully saturated rings. The molecule has 0 bridgehead atoms. The molecule has 0 amide bonds.